The molecular weight excluding hydrogens is 378 g/mol. The number of rotatable bonds is 5. The van der Waals surface area contributed by atoms with Gasteiger partial charge in [0, 0.05) is 56.9 Å². The fraction of sp³-hybridized carbons (Fsp3) is 0.375. The summed E-state index contributed by atoms with van der Waals surface area (Å²) in [6, 6.07) is 11.8. The van der Waals surface area contributed by atoms with Crippen molar-refractivity contribution in [3.8, 4) is 22.6 Å². The highest BCUT2D eigenvalue weighted by Gasteiger charge is 2.20. The quantitative estimate of drug-likeness (QED) is 0.651. The summed E-state index contributed by atoms with van der Waals surface area (Å²) >= 11 is 0. The Morgan fingerprint density at radius 1 is 0.900 bits per heavy atom. The smallest absolute Gasteiger partial charge is 0.258 e. The number of hydrogen-bond donors (Lipinski definition) is 0. The molecule has 30 heavy (non-hydrogen) atoms. The molecule has 2 aromatic carbocycles. The second kappa shape index (κ2) is 8.50. The average molecular weight is 408 g/mol. The number of aromatic nitrogens is 1. The van der Waals surface area contributed by atoms with Crippen LogP contribution >= 0.6 is 0 Å². The molecule has 0 aliphatic carbocycles. The molecule has 0 radical (unpaired) electrons. The van der Waals surface area contributed by atoms with Gasteiger partial charge in [-0.3, -0.25) is 9.69 Å². The topological polar surface area (TPSA) is 46.9 Å². The highest BCUT2D eigenvalue weighted by molar-refractivity contribution is 5.96. The average Bonchev–Trinajstić information content (AvgIpc) is 2.77. The molecule has 3 aromatic rings. The fourth-order valence-electron chi connectivity index (χ4n) is 4.17. The molecule has 158 valence electrons. The lowest BCUT2D eigenvalue weighted by molar-refractivity contribution is 0.146. The summed E-state index contributed by atoms with van der Waals surface area (Å²) < 4.78 is 13.2. The van der Waals surface area contributed by atoms with Crippen molar-refractivity contribution in [1.29, 1.82) is 0 Å². The predicted molar refractivity (Wildman–Crippen MR) is 121 cm³/mol. The number of aryl methyl sites for hydroxylation is 1. The summed E-state index contributed by atoms with van der Waals surface area (Å²) in [6.45, 7) is 4.96. The van der Waals surface area contributed by atoms with Crippen LogP contribution in [0.5, 0.6) is 11.5 Å². The molecule has 0 bridgehead atoms. The Morgan fingerprint density at radius 3 is 2.10 bits per heavy atom. The molecule has 1 aliphatic rings. The van der Waals surface area contributed by atoms with E-state index in [9.17, 15) is 4.79 Å². The van der Waals surface area contributed by atoms with Gasteiger partial charge in [0.25, 0.3) is 5.56 Å². The van der Waals surface area contributed by atoms with Crippen LogP contribution in [-0.2, 0) is 13.6 Å². The van der Waals surface area contributed by atoms with Crippen LogP contribution in [0.4, 0.5) is 0 Å². The van der Waals surface area contributed by atoms with Crippen LogP contribution in [0.2, 0.25) is 0 Å². The number of fused-ring (bicyclic) bond motifs is 1. The summed E-state index contributed by atoms with van der Waals surface area (Å²) in [5.74, 6) is 1.61. The zero-order valence-corrected chi connectivity index (χ0v) is 18.1. The molecule has 6 nitrogen and oxygen atoms in total. The number of methoxy groups -OCH3 is 2. The first-order valence-electron chi connectivity index (χ1n) is 10.3. The summed E-state index contributed by atoms with van der Waals surface area (Å²) in [5.41, 5.74) is 3.01. The predicted octanol–water partition coefficient (Wildman–Crippen LogP) is 2.97. The van der Waals surface area contributed by atoms with Gasteiger partial charge in [0.1, 0.15) is 11.5 Å². The van der Waals surface area contributed by atoms with E-state index >= 15 is 0 Å². The number of hydrogen-bond acceptors (Lipinski definition) is 5. The first-order valence-corrected chi connectivity index (χ1v) is 10.3. The summed E-state index contributed by atoms with van der Waals surface area (Å²) in [5, 5.41) is 1.63. The van der Waals surface area contributed by atoms with E-state index in [0.29, 0.717) is 5.39 Å². The van der Waals surface area contributed by atoms with Crippen LogP contribution in [-0.4, -0.2) is 61.8 Å². The van der Waals surface area contributed by atoms with Crippen LogP contribution in [0.25, 0.3) is 21.9 Å². The summed E-state index contributed by atoms with van der Waals surface area (Å²) in [6.07, 6.45) is 1.89. The van der Waals surface area contributed by atoms with Crippen molar-refractivity contribution >= 4 is 10.8 Å². The van der Waals surface area contributed by atoms with Gasteiger partial charge >= 0.3 is 0 Å². The number of benzene rings is 2. The maximum absolute atomic E-state index is 12.6. The molecule has 1 fully saturated rings. The standard InChI is InChI=1S/C24H29N3O3/c1-25-9-11-27(12-10-25)16-21-22(29-3)13-17(14-23(21)30-4)20-15-26(2)24(28)19-8-6-5-7-18(19)20/h5-8,13-15H,9-12,16H2,1-4H3. The van der Waals surface area contributed by atoms with E-state index in [1.165, 1.54) is 0 Å². The molecule has 1 saturated heterocycles. The van der Waals surface area contributed by atoms with Crippen molar-refractivity contribution in [2.75, 3.05) is 47.4 Å². The van der Waals surface area contributed by atoms with Crippen LogP contribution < -0.4 is 15.0 Å². The van der Waals surface area contributed by atoms with E-state index in [-0.39, 0.29) is 5.56 Å². The van der Waals surface area contributed by atoms with Crippen LogP contribution in [0.1, 0.15) is 5.56 Å². The third kappa shape index (κ3) is 3.80. The number of ether oxygens (including phenoxy) is 2. The van der Waals surface area contributed by atoms with Crippen LogP contribution in [0.3, 0.4) is 0 Å². The molecule has 0 N–H and O–H groups in total. The van der Waals surface area contributed by atoms with Crippen LogP contribution in [0, 0.1) is 0 Å². The molecule has 1 aliphatic heterocycles. The van der Waals surface area contributed by atoms with Gasteiger partial charge in [0.2, 0.25) is 0 Å². The number of piperazine rings is 1. The fourth-order valence-corrected chi connectivity index (χ4v) is 4.17. The molecule has 1 aromatic heterocycles. The first kappa shape index (κ1) is 20.4. The van der Waals surface area contributed by atoms with E-state index in [1.54, 1.807) is 25.8 Å². The molecule has 2 heterocycles. The molecular formula is C24H29N3O3. The lowest BCUT2D eigenvalue weighted by Crippen LogP contribution is -2.43. The normalized spacial score (nSPS) is 15.5. The van der Waals surface area contributed by atoms with Crippen molar-refractivity contribution in [3.63, 3.8) is 0 Å². The molecule has 0 amide bonds. The lowest BCUT2D eigenvalue weighted by Gasteiger charge is -2.33. The summed E-state index contributed by atoms with van der Waals surface area (Å²) in [7, 11) is 7.34. The Morgan fingerprint density at radius 2 is 1.50 bits per heavy atom. The Bertz CT molecular complexity index is 1090. The van der Waals surface area contributed by atoms with Crippen LogP contribution in [0.15, 0.2) is 47.4 Å². The SMILES string of the molecule is COc1cc(-c2cn(C)c(=O)c3ccccc23)cc(OC)c1CN1CCN(C)CC1. The van der Waals surface area contributed by atoms with Crippen molar-refractivity contribution < 1.29 is 9.47 Å². The van der Waals surface area contributed by atoms with E-state index in [4.69, 9.17) is 9.47 Å². The highest BCUT2D eigenvalue weighted by atomic mass is 16.5. The number of nitrogens with zero attached hydrogens (tertiary/aromatic N) is 3. The van der Waals surface area contributed by atoms with Crippen molar-refractivity contribution in [3.05, 3.63) is 58.5 Å². The van der Waals surface area contributed by atoms with Gasteiger partial charge in [-0.05, 0) is 36.2 Å². The second-order valence-corrected chi connectivity index (χ2v) is 7.94. The first-order chi connectivity index (χ1) is 14.5. The minimum atomic E-state index is -0.0000309. The largest absolute Gasteiger partial charge is 0.496 e. The Labute approximate surface area is 177 Å². The van der Waals surface area contributed by atoms with E-state index in [1.807, 2.05) is 30.5 Å². The molecule has 0 atom stereocenters. The third-order valence-electron chi connectivity index (χ3n) is 5.99. The Balaban J connectivity index is 1.81. The van der Waals surface area contributed by atoms with Gasteiger partial charge in [-0.1, -0.05) is 18.2 Å². The van der Waals surface area contributed by atoms with Gasteiger partial charge in [0.05, 0.1) is 19.8 Å². The zero-order chi connectivity index (χ0) is 21.3. The lowest BCUT2D eigenvalue weighted by atomic mass is 9.98. The maximum atomic E-state index is 12.6. The van der Waals surface area contributed by atoms with Crippen molar-refractivity contribution in [2.45, 2.75) is 6.54 Å². The maximum Gasteiger partial charge on any atom is 0.258 e. The Hall–Kier alpha value is -2.83. The van der Waals surface area contributed by atoms with Gasteiger partial charge in [0.15, 0.2) is 0 Å². The van der Waals surface area contributed by atoms with Crippen molar-refractivity contribution in [1.82, 2.24) is 14.4 Å². The molecule has 4 rings (SSSR count). The molecule has 6 heteroatoms. The van der Waals surface area contributed by atoms with E-state index in [0.717, 1.165) is 66.3 Å². The zero-order valence-electron chi connectivity index (χ0n) is 18.1. The van der Waals surface area contributed by atoms with Gasteiger partial charge < -0.3 is 18.9 Å². The molecule has 0 spiro atoms. The highest BCUT2D eigenvalue weighted by Crippen LogP contribution is 2.37. The van der Waals surface area contributed by atoms with Crippen molar-refractivity contribution in [2.24, 2.45) is 7.05 Å². The minimum absolute atomic E-state index is 0.0000309. The monoisotopic (exact) mass is 407 g/mol. The second-order valence-electron chi connectivity index (χ2n) is 7.94. The minimum Gasteiger partial charge on any atom is -0.496 e. The van der Waals surface area contributed by atoms with Gasteiger partial charge in [-0.2, -0.15) is 0 Å². The number of likely N-dealkylation sites (N-methyl/N-ethyl adjacent to an activating group) is 1. The van der Waals surface area contributed by atoms with Gasteiger partial charge in [-0.25, -0.2) is 0 Å². The van der Waals surface area contributed by atoms with Gasteiger partial charge in [-0.15, -0.1) is 0 Å². The third-order valence-corrected chi connectivity index (χ3v) is 5.99. The van der Waals surface area contributed by atoms with E-state index < -0.39 is 0 Å². The van der Waals surface area contributed by atoms with E-state index in [2.05, 4.69) is 29.0 Å². The molecule has 0 saturated carbocycles. The Kier molecular flexibility index (Phi) is 5.79. The number of pyridine rings is 1. The summed E-state index contributed by atoms with van der Waals surface area (Å²) in [4.78, 5) is 17.3. The molecule has 0 unspecified atom stereocenters.